The molecule has 5 nitrogen and oxygen atoms in total. The van der Waals surface area contributed by atoms with E-state index in [0.717, 1.165) is 61.2 Å². The lowest BCUT2D eigenvalue weighted by Gasteiger charge is -2.32. The summed E-state index contributed by atoms with van der Waals surface area (Å²) in [5.74, 6) is 1.64. The predicted octanol–water partition coefficient (Wildman–Crippen LogP) is 4.16. The molecule has 1 aliphatic heterocycles. The number of aryl methyl sites for hydroxylation is 2. The number of amides is 1. The minimum atomic E-state index is 0.207. The summed E-state index contributed by atoms with van der Waals surface area (Å²) in [5.41, 5.74) is 3.24. The van der Waals surface area contributed by atoms with Crippen LogP contribution in [0.15, 0.2) is 40.9 Å². The van der Waals surface area contributed by atoms with Gasteiger partial charge in [-0.25, -0.2) is 0 Å². The Bertz CT molecular complexity index is 932. The molecule has 0 spiro atoms. The zero-order valence-electron chi connectivity index (χ0n) is 16.1. The zero-order chi connectivity index (χ0) is 18.8. The highest BCUT2D eigenvalue weighted by Gasteiger charge is 2.27. The topological polar surface area (TPSA) is 51.3 Å². The van der Waals surface area contributed by atoms with Gasteiger partial charge in [0.15, 0.2) is 0 Å². The molecule has 3 heterocycles. The van der Waals surface area contributed by atoms with Gasteiger partial charge in [-0.15, -0.1) is 0 Å². The number of nitrogens with zero attached hydrogens (tertiary/aromatic N) is 3. The largest absolute Gasteiger partial charge is 0.461 e. The van der Waals surface area contributed by atoms with Crippen LogP contribution < -0.4 is 0 Å². The van der Waals surface area contributed by atoms with E-state index in [1.54, 1.807) is 0 Å². The number of benzene rings is 1. The van der Waals surface area contributed by atoms with Gasteiger partial charge < -0.3 is 9.32 Å². The highest BCUT2D eigenvalue weighted by molar-refractivity contribution is 5.88. The average molecular weight is 365 g/mol. The van der Waals surface area contributed by atoms with Crippen LogP contribution in [0.2, 0.25) is 0 Å². The van der Waals surface area contributed by atoms with Crippen molar-refractivity contribution in [2.24, 2.45) is 0 Å². The molecule has 0 bridgehead atoms. The van der Waals surface area contributed by atoms with Crippen molar-refractivity contribution in [2.45, 2.75) is 52.0 Å². The van der Waals surface area contributed by atoms with Gasteiger partial charge in [-0.2, -0.15) is 5.10 Å². The van der Waals surface area contributed by atoms with Crippen LogP contribution in [0.3, 0.4) is 0 Å². The third kappa shape index (κ3) is 3.38. The molecule has 1 saturated heterocycles. The number of carbonyl (C=O) groups is 1. The molecule has 0 unspecified atom stereocenters. The maximum absolute atomic E-state index is 13.0. The van der Waals surface area contributed by atoms with Crippen molar-refractivity contribution in [3.05, 3.63) is 53.5 Å². The van der Waals surface area contributed by atoms with Gasteiger partial charge in [0.2, 0.25) is 5.91 Å². The normalized spacial score (nSPS) is 15.6. The average Bonchev–Trinajstić information content (AvgIpc) is 3.32. The number of aromatic nitrogens is 2. The second-order valence-electron chi connectivity index (χ2n) is 7.26. The molecule has 1 amide bonds. The molecule has 5 heteroatoms. The predicted molar refractivity (Wildman–Crippen MR) is 106 cm³/mol. The molecule has 27 heavy (non-hydrogen) atoms. The maximum atomic E-state index is 13.0. The molecule has 4 rings (SSSR count). The molecule has 1 aromatic carbocycles. The summed E-state index contributed by atoms with van der Waals surface area (Å²) in [4.78, 5) is 15.0. The summed E-state index contributed by atoms with van der Waals surface area (Å²) >= 11 is 0. The molecule has 3 aromatic rings. The van der Waals surface area contributed by atoms with E-state index < -0.39 is 0 Å². The van der Waals surface area contributed by atoms with Crippen molar-refractivity contribution in [1.82, 2.24) is 14.7 Å². The first-order chi connectivity index (χ1) is 13.2. The highest BCUT2D eigenvalue weighted by atomic mass is 16.3. The van der Waals surface area contributed by atoms with Crippen LogP contribution in [0.1, 0.15) is 49.6 Å². The van der Waals surface area contributed by atoms with Crippen LogP contribution >= 0.6 is 0 Å². The lowest BCUT2D eigenvalue weighted by Crippen LogP contribution is -2.39. The van der Waals surface area contributed by atoms with Gasteiger partial charge in [0.1, 0.15) is 11.3 Å². The minimum Gasteiger partial charge on any atom is -0.461 e. The molecule has 0 aliphatic carbocycles. The third-order valence-electron chi connectivity index (χ3n) is 5.75. The number of hydrogen-bond donors (Lipinski definition) is 0. The minimum absolute atomic E-state index is 0.207. The van der Waals surface area contributed by atoms with E-state index in [1.165, 1.54) is 5.69 Å². The van der Waals surface area contributed by atoms with Gasteiger partial charge in [0.05, 0.1) is 6.42 Å². The summed E-state index contributed by atoms with van der Waals surface area (Å²) in [6, 6.07) is 10.1. The Kier molecular flexibility index (Phi) is 5.01. The van der Waals surface area contributed by atoms with E-state index in [0.29, 0.717) is 12.3 Å². The number of piperidine rings is 1. The first kappa shape index (κ1) is 17.8. The number of fused-ring (bicyclic) bond motifs is 1. The molecule has 0 radical (unpaired) electrons. The fourth-order valence-electron chi connectivity index (χ4n) is 4.27. The summed E-state index contributed by atoms with van der Waals surface area (Å²) in [7, 11) is 0. The number of hydrogen-bond acceptors (Lipinski definition) is 3. The smallest absolute Gasteiger partial charge is 0.227 e. The van der Waals surface area contributed by atoms with Crippen molar-refractivity contribution in [3.63, 3.8) is 0 Å². The standard InChI is InChI=1S/C22H27N3O2/c1-3-20-18(17-7-5-6-8-21(17)27-20)15-22(26)24-13-10-16(11-14-24)19-9-12-23-25(19)4-2/h5-9,12,16H,3-4,10-11,13-15H2,1-2H3. The zero-order valence-corrected chi connectivity index (χ0v) is 16.1. The molecular weight excluding hydrogens is 338 g/mol. The second kappa shape index (κ2) is 7.59. The molecule has 0 saturated carbocycles. The summed E-state index contributed by atoms with van der Waals surface area (Å²) in [6.07, 6.45) is 5.12. The van der Waals surface area contributed by atoms with Gasteiger partial charge in [-0.05, 0) is 31.9 Å². The fraction of sp³-hybridized carbons (Fsp3) is 0.455. The maximum Gasteiger partial charge on any atom is 0.227 e. The fourth-order valence-corrected chi connectivity index (χ4v) is 4.27. The SMILES string of the molecule is CCc1oc2ccccc2c1CC(=O)N1CCC(c2ccnn2CC)CC1. The van der Waals surface area contributed by atoms with E-state index in [-0.39, 0.29) is 5.91 Å². The Morgan fingerprint density at radius 2 is 1.96 bits per heavy atom. The number of likely N-dealkylation sites (tertiary alicyclic amines) is 1. The van der Waals surface area contributed by atoms with Gasteiger partial charge in [0, 0.05) is 54.8 Å². The van der Waals surface area contributed by atoms with Crippen LogP contribution in [-0.2, 0) is 24.2 Å². The van der Waals surface area contributed by atoms with Crippen LogP contribution in [-0.4, -0.2) is 33.7 Å². The number of carbonyl (C=O) groups excluding carboxylic acids is 1. The lowest BCUT2D eigenvalue weighted by molar-refractivity contribution is -0.131. The van der Waals surface area contributed by atoms with E-state index in [9.17, 15) is 4.79 Å². The molecule has 1 aliphatic rings. The summed E-state index contributed by atoms with van der Waals surface area (Å²) in [5, 5.41) is 5.46. The van der Waals surface area contributed by atoms with Gasteiger partial charge in [-0.1, -0.05) is 25.1 Å². The lowest BCUT2D eigenvalue weighted by atomic mass is 9.93. The quantitative estimate of drug-likeness (QED) is 0.682. The van der Waals surface area contributed by atoms with Crippen molar-refractivity contribution >= 4 is 16.9 Å². The number of para-hydroxylation sites is 1. The van der Waals surface area contributed by atoms with E-state index >= 15 is 0 Å². The molecule has 0 N–H and O–H groups in total. The Hall–Kier alpha value is -2.56. The monoisotopic (exact) mass is 365 g/mol. The molecule has 2 aromatic heterocycles. The molecule has 142 valence electrons. The Morgan fingerprint density at radius 3 is 2.70 bits per heavy atom. The summed E-state index contributed by atoms with van der Waals surface area (Å²) in [6.45, 7) is 6.73. The molecule has 0 atom stereocenters. The number of rotatable bonds is 5. The highest BCUT2D eigenvalue weighted by Crippen LogP contribution is 2.30. The van der Waals surface area contributed by atoms with Gasteiger partial charge in [-0.3, -0.25) is 9.48 Å². The van der Waals surface area contributed by atoms with E-state index in [4.69, 9.17) is 4.42 Å². The Morgan fingerprint density at radius 1 is 1.19 bits per heavy atom. The van der Waals surface area contributed by atoms with E-state index in [2.05, 4.69) is 35.8 Å². The van der Waals surface area contributed by atoms with Crippen LogP contribution in [0, 0.1) is 0 Å². The van der Waals surface area contributed by atoms with Gasteiger partial charge >= 0.3 is 0 Å². The number of furan rings is 1. The summed E-state index contributed by atoms with van der Waals surface area (Å²) < 4.78 is 8.02. The first-order valence-electron chi connectivity index (χ1n) is 10.00. The molecular formula is C22H27N3O2. The van der Waals surface area contributed by atoms with Crippen LogP contribution in [0.4, 0.5) is 0 Å². The first-order valence-corrected chi connectivity index (χ1v) is 10.00. The van der Waals surface area contributed by atoms with Crippen LogP contribution in [0.5, 0.6) is 0 Å². The van der Waals surface area contributed by atoms with Crippen LogP contribution in [0.25, 0.3) is 11.0 Å². The third-order valence-corrected chi connectivity index (χ3v) is 5.75. The van der Waals surface area contributed by atoms with Crippen molar-refractivity contribution in [2.75, 3.05) is 13.1 Å². The second-order valence-corrected chi connectivity index (χ2v) is 7.26. The van der Waals surface area contributed by atoms with Crippen molar-refractivity contribution in [3.8, 4) is 0 Å². The van der Waals surface area contributed by atoms with Crippen molar-refractivity contribution in [1.29, 1.82) is 0 Å². The van der Waals surface area contributed by atoms with Gasteiger partial charge in [0.25, 0.3) is 0 Å². The molecule has 1 fully saturated rings. The Balaban J connectivity index is 1.45. The van der Waals surface area contributed by atoms with Crippen molar-refractivity contribution < 1.29 is 9.21 Å². The van der Waals surface area contributed by atoms with E-state index in [1.807, 2.05) is 29.3 Å². The Labute approximate surface area is 160 Å².